The van der Waals surface area contributed by atoms with Crippen molar-refractivity contribution >= 4 is 12.0 Å². The topological polar surface area (TPSA) is 108 Å². The molecule has 7 nitrogen and oxygen atoms in total. The van der Waals surface area contributed by atoms with Crippen LogP contribution >= 0.6 is 0 Å². The number of allylic oxidation sites excluding steroid dienone is 1. The molecule has 0 radical (unpaired) electrons. The zero-order valence-corrected chi connectivity index (χ0v) is 26.6. The number of ether oxygens (including phenoxy) is 1. The minimum absolute atomic E-state index is 0.0774. The van der Waals surface area contributed by atoms with Gasteiger partial charge in [-0.1, -0.05) is 125 Å². The van der Waals surface area contributed by atoms with E-state index in [4.69, 9.17) is 4.74 Å². The number of unbranched alkanes of at least 4 members (excludes halogenated alkanes) is 11. The van der Waals surface area contributed by atoms with E-state index in [0.29, 0.717) is 19.6 Å². The maximum atomic E-state index is 12.3. The van der Waals surface area contributed by atoms with Crippen molar-refractivity contribution in [2.24, 2.45) is 0 Å². The largest absolute Gasteiger partial charge is 0.449 e. The van der Waals surface area contributed by atoms with Crippen molar-refractivity contribution in [3.05, 3.63) is 71.8 Å². The van der Waals surface area contributed by atoms with Crippen LogP contribution < -0.4 is 10.6 Å². The Labute approximate surface area is 264 Å². The number of alkyl carbamates (subject to hydrolysis) is 1. The van der Waals surface area contributed by atoms with Crippen LogP contribution in [0.1, 0.15) is 114 Å². The summed E-state index contributed by atoms with van der Waals surface area (Å²) in [5, 5.41) is 25.6. The Morgan fingerprint density at radius 3 is 2.09 bits per heavy atom. The molecule has 0 bridgehead atoms. The molecule has 44 heavy (non-hydrogen) atoms. The van der Waals surface area contributed by atoms with Gasteiger partial charge in [-0.25, -0.2) is 4.79 Å². The van der Waals surface area contributed by atoms with Crippen LogP contribution in [0.25, 0.3) is 11.1 Å². The summed E-state index contributed by atoms with van der Waals surface area (Å²) in [4.78, 5) is 24.4. The van der Waals surface area contributed by atoms with Crippen molar-refractivity contribution in [3.8, 4) is 11.1 Å². The fourth-order valence-corrected chi connectivity index (χ4v) is 5.89. The summed E-state index contributed by atoms with van der Waals surface area (Å²) >= 11 is 0. The molecule has 0 spiro atoms. The number of carbonyl (C=O) groups excluding carboxylic acids is 2. The van der Waals surface area contributed by atoms with Gasteiger partial charge in [0.2, 0.25) is 5.91 Å². The lowest BCUT2D eigenvalue weighted by Gasteiger charge is -2.20. The molecule has 0 saturated carbocycles. The number of fused-ring (bicyclic) bond motifs is 3. The second-order valence-electron chi connectivity index (χ2n) is 12.0. The molecule has 0 heterocycles. The second-order valence-corrected chi connectivity index (χ2v) is 12.0. The van der Waals surface area contributed by atoms with E-state index >= 15 is 0 Å². The van der Waals surface area contributed by atoms with Gasteiger partial charge in [0.25, 0.3) is 0 Å². The highest BCUT2D eigenvalue weighted by atomic mass is 16.5. The fourth-order valence-electron chi connectivity index (χ4n) is 5.89. The molecule has 0 saturated heterocycles. The summed E-state index contributed by atoms with van der Waals surface area (Å²) in [5.41, 5.74) is 4.89. The summed E-state index contributed by atoms with van der Waals surface area (Å²) in [6.07, 6.45) is 16.7. The quantitative estimate of drug-likeness (QED) is 0.0825. The molecule has 3 rings (SSSR count). The van der Waals surface area contributed by atoms with Crippen molar-refractivity contribution in [2.45, 2.75) is 115 Å². The number of amides is 2. The highest BCUT2D eigenvalue weighted by Crippen LogP contribution is 2.44. The molecule has 0 aliphatic heterocycles. The molecular weight excluding hydrogens is 552 g/mol. The Morgan fingerprint density at radius 1 is 0.841 bits per heavy atom. The molecule has 242 valence electrons. The van der Waals surface area contributed by atoms with E-state index in [-0.39, 0.29) is 24.5 Å². The van der Waals surface area contributed by atoms with Gasteiger partial charge in [0.15, 0.2) is 0 Å². The van der Waals surface area contributed by atoms with Gasteiger partial charge in [0.1, 0.15) is 6.61 Å². The Hall–Kier alpha value is -3.16. The molecule has 2 aromatic carbocycles. The second kappa shape index (κ2) is 20.7. The van der Waals surface area contributed by atoms with Crippen LogP contribution in [-0.2, 0) is 9.53 Å². The van der Waals surface area contributed by atoms with E-state index in [1.807, 2.05) is 30.3 Å². The Kier molecular flexibility index (Phi) is 16.6. The minimum Gasteiger partial charge on any atom is -0.449 e. The molecular formula is C37H54N2O5. The Balaban J connectivity index is 1.16. The van der Waals surface area contributed by atoms with Crippen molar-refractivity contribution in [2.75, 3.05) is 19.8 Å². The molecule has 2 amide bonds. The molecule has 2 atom stereocenters. The zero-order valence-electron chi connectivity index (χ0n) is 26.6. The lowest BCUT2D eigenvalue weighted by atomic mass is 9.98. The van der Waals surface area contributed by atoms with Crippen LogP contribution in [0, 0.1) is 0 Å². The average molecular weight is 607 g/mol. The average Bonchev–Trinajstić information content (AvgIpc) is 3.36. The smallest absolute Gasteiger partial charge is 0.407 e. The first kappa shape index (κ1) is 35.3. The molecule has 0 fully saturated rings. The van der Waals surface area contributed by atoms with Crippen molar-refractivity contribution in [3.63, 3.8) is 0 Å². The number of hydrogen-bond donors (Lipinski definition) is 4. The number of aliphatic hydroxyl groups is 2. The molecule has 1 aliphatic carbocycles. The predicted molar refractivity (Wildman–Crippen MR) is 178 cm³/mol. The minimum atomic E-state index is -0.883. The maximum absolute atomic E-state index is 12.3. The van der Waals surface area contributed by atoms with Gasteiger partial charge in [0, 0.05) is 18.9 Å². The fraction of sp³-hybridized carbons (Fsp3) is 0.568. The van der Waals surface area contributed by atoms with Crippen LogP contribution in [0.3, 0.4) is 0 Å². The van der Waals surface area contributed by atoms with E-state index in [0.717, 1.165) is 70.6 Å². The summed E-state index contributed by atoms with van der Waals surface area (Å²) in [5.74, 6) is -0.0328. The highest BCUT2D eigenvalue weighted by Gasteiger charge is 2.29. The van der Waals surface area contributed by atoms with Gasteiger partial charge in [-0.3, -0.25) is 4.79 Å². The lowest BCUT2D eigenvalue weighted by molar-refractivity contribution is -0.123. The number of carbonyl (C=O) groups is 2. The first-order valence-corrected chi connectivity index (χ1v) is 16.9. The zero-order chi connectivity index (χ0) is 31.4. The Morgan fingerprint density at radius 2 is 1.43 bits per heavy atom. The third-order valence-corrected chi connectivity index (χ3v) is 8.46. The van der Waals surface area contributed by atoms with Gasteiger partial charge in [0.05, 0.1) is 18.8 Å². The number of rotatable bonds is 22. The molecule has 2 aromatic rings. The highest BCUT2D eigenvalue weighted by molar-refractivity contribution is 5.79. The normalized spacial score (nSPS) is 13.8. The summed E-state index contributed by atoms with van der Waals surface area (Å²) in [6.45, 7) is 2.84. The van der Waals surface area contributed by atoms with Crippen LogP contribution in [0.15, 0.2) is 60.7 Å². The first-order chi connectivity index (χ1) is 21.5. The number of aliphatic hydroxyl groups excluding tert-OH is 2. The van der Waals surface area contributed by atoms with Crippen molar-refractivity contribution in [1.82, 2.24) is 10.6 Å². The first-order valence-electron chi connectivity index (χ1n) is 16.9. The third kappa shape index (κ3) is 12.1. The van der Waals surface area contributed by atoms with Gasteiger partial charge < -0.3 is 25.6 Å². The van der Waals surface area contributed by atoms with Crippen LogP contribution in [-0.4, -0.2) is 54.1 Å². The van der Waals surface area contributed by atoms with Gasteiger partial charge >= 0.3 is 6.09 Å². The lowest BCUT2D eigenvalue weighted by Crippen LogP contribution is -2.45. The van der Waals surface area contributed by atoms with Crippen LogP contribution in [0.4, 0.5) is 4.79 Å². The van der Waals surface area contributed by atoms with Crippen LogP contribution in [0.5, 0.6) is 0 Å². The summed E-state index contributed by atoms with van der Waals surface area (Å²) in [7, 11) is 0. The van der Waals surface area contributed by atoms with E-state index in [1.165, 1.54) is 35.1 Å². The molecule has 0 unspecified atom stereocenters. The molecule has 4 N–H and O–H groups in total. The predicted octanol–water partition coefficient (Wildman–Crippen LogP) is 7.40. The maximum Gasteiger partial charge on any atom is 0.407 e. The van der Waals surface area contributed by atoms with E-state index in [9.17, 15) is 19.8 Å². The van der Waals surface area contributed by atoms with Crippen molar-refractivity contribution in [1.29, 1.82) is 0 Å². The number of benzene rings is 2. The van der Waals surface area contributed by atoms with Crippen molar-refractivity contribution < 1.29 is 24.5 Å². The van der Waals surface area contributed by atoms with E-state index in [2.05, 4.69) is 41.8 Å². The number of hydrogen-bond acceptors (Lipinski definition) is 5. The van der Waals surface area contributed by atoms with Gasteiger partial charge in [-0.05, 0) is 47.9 Å². The van der Waals surface area contributed by atoms with Crippen LogP contribution in [0.2, 0.25) is 0 Å². The van der Waals surface area contributed by atoms with Gasteiger partial charge in [-0.15, -0.1) is 0 Å². The molecule has 7 heteroatoms. The standard InChI is InChI=1S/C37H54N2O5/c1-2-3-4-10-14-25-36(42)39-34(27-40)35(41)24-13-11-8-6-5-7-9-12-19-26-38-37(43)44-28-33-31-22-17-15-20-29(31)30-21-16-18-23-32(30)33/h13,15-18,20-24,33-35,40-41H,2-12,14,19,25-28H2,1H3,(H,38,43)(H,39,42)/b24-13+/t34-,35+/m0/s1. The third-order valence-electron chi connectivity index (χ3n) is 8.46. The number of nitrogens with one attached hydrogen (secondary N) is 2. The SMILES string of the molecule is CCCCCCCC(=O)N[C@@H](CO)[C@H](O)/C=C/CCCCCCCCCNC(=O)OCC1c2ccccc2-c2ccccc21. The monoisotopic (exact) mass is 606 g/mol. The van der Waals surface area contributed by atoms with Gasteiger partial charge in [-0.2, -0.15) is 0 Å². The molecule has 0 aromatic heterocycles. The Bertz CT molecular complexity index is 1100. The van der Waals surface area contributed by atoms with E-state index in [1.54, 1.807) is 6.08 Å². The van der Waals surface area contributed by atoms with E-state index < -0.39 is 12.1 Å². The molecule has 1 aliphatic rings. The summed E-state index contributed by atoms with van der Waals surface area (Å²) < 4.78 is 5.61. The summed E-state index contributed by atoms with van der Waals surface area (Å²) in [6, 6.07) is 16.0.